The highest BCUT2D eigenvalue weighted by Gasteiger charge is 2.33. The predicted molar refractivity (Wildman–Crippen MR) is 180 cm³/mol. The Morgan fingerprint density at radius 1 is 0.643 bits per heavy atom. The van der Waals surface area contributed by atoms with Crippen molar-refractivity contribution >= 4 is 22.7 Å². The highest BCUT2D eigenvalue weighted by Crippen LogP contribution is 2.46. The molecule has 0 radical (unpaired) electrons. The molecular weight excluding hydrogens is 516 g/mol. The molecule has 3 rings (SSSR count). The number of hydrogen-bond donors (Lipinski definition) is 2. The van der Waals surface area contributed by atoms with Gasteiger partial charge in [0.25, 0.3) is 0 Å². The topological polar surface area (TPSA) is 46.9 Å². The van der Waals surface area contributed by atoms with Crippen LogP contribution in [-0.2, 0) is 11.2 Å². The van der Waals surface area contributed by atoms with Crippen LogP contribution in [0, 0.1) is 0 Å². The Morgan fingerprint density at radius 2 is 1.02 bits per heavy atom. The molecule has 0 aliphatic rings. The molecule has 3 aromatic carbocycles. The maximum absolute atomic E-state index is 11.7. The summed E-state index contributed by atoms with van der Waals surface area (Å²) in [6, 6.07) is 24.1. The van der Waals surface area contributed by atoms with Gasteiger partial charge >= 0.3 is 0 Å². The van der Waals surface area contributed by atoms with E-state index in [2.05, 4.69) is 23.0 Å². The van der Waals surface area contributed by atoms with Gasteiger partial charge < -0.3 is 20.0 Å². The number of para-hydroxylation sites is 2. The highest BCUT2D eigenvalue weighted by molar-refractivity contribution is 5.83. The fourth-order valence-electron chi connectivity index (χ4n) is 4.93. The lowest BCUT2D eigenvalue weighted by molar-refractivity contribution is 0.0753. The Hall–Kier alpha value is -4.38. The number of allylic oxidation sites excluding steroid dienone is 8. The van der Waals surface area contributed by atoms with Crippen LogP contribution in [0.4, 0.5) is 22.7 Å². The summed E-state index contributed by atoms with van der Waals surface area (Å²) in [6.07, 6.45) is 15.2. The van der Waals surface area contributed by atoms with E-state index in [-0.39, 0.29) is 0 Å². The molecule has 4 heteroatoms. The maximum atomic E-state index is 11.7. The molecule has 0 aromatic heterocycles. The van der Waals surface area contributed by atoms with Gasteiger partial charge in [-0.25, -0.2) is 0 Å². The van der Waals surface area contributed by atoms with E-state index in [1.165, 1.54) is 0 Å². The van der Waals surface area contributed by atoms with Gasteiger partial charge in [-0.05, 0) is 102 Å². The molecule has 0 spiro atoms. The smallest absolute Gasteiger partial charge is 0.0861 e. The third-order valence-electron chi connectivity index (χ3n) is 6.71. The Morgan fingerprint density at radius 3 is 1.38 bits per heavy atom. The van der Waals surface area contributed by atoms with Crippen molar-refractivity contribution in [3.63, 3.8) is 0 Å². The normalized spacial score (nSPS) is 13.0. The Bertz CT molecular complexity index is 1410. The minimum absolute atomic E-state index is 0.682. The molecule has 0 fully saturated rings. The van der Waals surface area contributed by atoms with E-state index in [0.717, 1.165) is 34.1 Å². The van der Waals surface area contributed by atoms with Gasteiger partial charge in [0.1, 0.15) is 0 Å². The minimum Gasteiger partial charge on any atom is -0.386 e. The summed E-state index contributed by atoms with van der Waals surface area (Å²) in [5.41, 5.74) is 3.92. The van der Waals surface area contributed by atoms with E-state index in [4.69, 9.17) is 0 Å². The first-order chi connectivity index (χ1) is 20.0. The molecule has 0 unspecified atom stereocenters. The SMILES string of the molecule is C=C/C=C(\C=C/C)N(C(/C=C\C)=C/C=C)c1cc(C(C)(C)O)c(N(c2ccccc2)c2ccccc2)cc1C(C)(C)O. The van der Waals surface area contributed by atoms with E-state index in [9.17, 15) is 10.2 Å². The van der Waals surface area contributed by atoms with Crippen molar-refractivity contribution in [3.05, 3.63) is 157 Å². The van der Waals surface area contributed by atoms with E-state index in [1.807, 2.05) is 123 Å². The second kappa shape index (κ2) is 14.0. The summed E-state index contributed by atoms with van der Waals surface area (Å²) in [5.74, 6) is 0. The molecule has 0 bridgehead atoms. The summed E-state index contributed by atoms with van der Waals surface area (Å²) in [6.45, 7) is 19.0. The number of hydrogen-bond acceptors (Lipinski definition) is 4. The summed E-state index contributed by atoms with van der Waals surface area (Å²) in [7, 11) is 0. The van der Waals surface area contributed by atoms with Crippen LogP contribution in [0.2, 0.25) is 0 Å². The van der Waals surface area contributed by atoms with Crippen LogP contribution in [0.25, 0.3) is 0 Å². The number of benzene rings is 3. The minimum atomic E-state index is -1.25. The molecule has 0 heterocycles. The van der Waals surface area contributed by atoms with Crippen molar-refractivity contribution in [1.82, 2.24) is 0 Å². The molecule has 42 heavy (non-hydrogen) atoms. The van der Waals surface area contributed by atoms with Crippen LogP contribution < -0.4 is 9.80 Å². The number of anilines is 4. The van der Waals surface area contributed by atoms with Crippen molar-refractivity contribution in [2.75, 3.05) is 9.80 Å². The third-order valence-corrected chi connectivity index (χ3v) is 6.71. The molecule has 0 saturated carbocycles. The second-order valence-electron chi connectivity index (χ2n) is 11.0. The van der Waals surface area contributed by atoms with Crippen molar-refractivity contribution in [2.45, 2.75) is 52.7 Å². The van der Waals surface area contributed by atoms with E-state index >= 15 is 0 Å². The van der Waals surface area contributed by atoms with Crippen LogP contribution in [0.5, 0.6) is 0 Å². The summed E-state index contributed by atoms with van der Waals surface area (Å²) in [5, 5.41) is 23.4. The zero-order valence-corrected chi connectivity index (χ0v) is 25.8. The van der Waals surface area contributed by atoms with E-state index < -0.39 is 11.2 Å². The van der Waals surface area contributed by atoms with Gasteiger partial charge in [-0.15, -0.1) is 0 Å². The third kappa shape index (κ3) is 7.47. The average molecular weight is 561 g/mol. The first-order valence-corrected chi connectivity index (χ1v) is 14.2. The van der Waals surface area contributed by atoms with Crippen LogP contribution in [0.15, 0.2) is 146 Å². The van der Waals surface area contributed by atoms with Gasteiger partial charge in [0.05, 0.1) is 22.6 Å². The first-order valence-electron chi connectivity index (χ1n) is 14.2. The monoisotopic (exact) mass is 560 g/mol. The van der Waals surface area contributed by atoms with Crippen LogP contribution in [-0.4, -0.2) is 10.2 Å². The van der Waals surface area contributed by atoms with Gasteiger partial charge in [-0.2, -0.15) is 0 Å². The van der Waals surface area contributed by atoms with Gasteiger partial charge in [0, 0.05) is 33.9 Å². The number of nitrogens with zero attached hydrogens (tertiary/aromatic N) is 2. The van der Waals surface area contributed by atoms with E-state index in [0.29, 0.717) is 11.1 Å². The van der Waals surface area contributed by atoms with Crippen LogP contribution in [0.3, 0.4) is 0 Å². The Kier molecular flexibility index (Phi) is 10.7. The molecule has 0 amide bonds. The largest absolute Gasteiger partial charge is 0.386 e. The summed E-state index contributed by atoms with van der Waals surface area (Å²) in [4.78, 5) is 4.18. The zero-order chi connectivity index (χ0) is 30.9. The number of rotatable bonds is 12. The summed E-state index contributed by atoms with van der Waals surface area (Å²) < 4.78 is 0. The molecule has 0 saturated heterocycles. The maximum Gasteiger partial charge on any atom is 0.0861 e. The lowest BCUT2D eigenvalue weighted by atomic mass is 9.87. The van der Waals surface area contributed by atoms with Gasteiger partial charge in [-0.3, -0.25) is 0 Å². The van der Waals surface area contributed by atoms with E-state index in [1.54, 1.807) is 39.8 Å². The van der Waals surface area contributed by atoms with Crippen LogP contribution >= 0.6 is 0 Å². The highest BCUT2D eigenvalue weighted by atomic mass is 16.3. The fraction of sp³-hybridized carbons (Fsp3) is 0.211. The lowest BCUT2D eigenvalue weighted by Gasteiger charge is -2.37. The molecule has 218 valence electrons. The molecular formula is C38H44N2O2. The Labute approximate surface area is 252 Å². The predicted octanol–water partition coefficient (Wildman–Crippen LogP) is 9.71. The van der Waals surface area contributed by atoms with Crippen molar-refractivity contribution in [3.8, 4) is 0 Å². The number of aliphatic hydroxyl groups is 2. The van der Waals surface area contributed by atoms with Gasteiger partial charge in [-0.1, -0.05) is 73.9 Å². The van der Waals surface area contributed by atoms with Crippen molar-refractivity contribution in [2.24, 2.45) is 0 Å². The Balaban J connectivity index is 2.57. The standard InChI is InChI=1S/C38H44N2O2/c1-9-19-29(20-10-2)39(30(21-11-3)22-12-4)35-27-34(38(7,8)42)36(28-33(35)37(5,6)41)40(31-23-15-13-16-24-31)32-25-17-14-18-26-32/h9-28,41-42H,1,3H2,2,4-8H3/b20-10-,22-12-,29-19+,30-21+. The van der Waals surface area contributed by atoms with Crippen molar-refractivity contribution in [1.29, 1.82) is 0 Å². The van der Waals surface area contributed by atoms with Crippen LogP contribution in [0.1, 0.15) is 52.7 Å². The molecule has 0 atom stereocenters. The molecule has 3 aromatic rings. The zero-order valence-electron chi connectivity index (χ0n) is 25.8. The molecule has 4 nitrogen and oxygen atoms in total. The first kappa shape index (κ1) is 32.1. The average Bonchev–Trinajstić information content (AvgIpc) is 2.94. The molecule has 0 aliphatic carbocycles. The lowest BCUT2D eigenvalue weighted by Crippen LogP contribution is -2.29. The quantitative estimate of drug-likeness (QED) is 0.217. The molecule has 0 aliphatic heterocycles. The fourth-order valence-corrected chi connectivity index (χ4v) is 4.93. The van der Waals surface area contributed by atoms with Crippen molar-refractivity contribution < 1.29 is 10.2 Å². The summed E-state index contributed by atoms with van der Waals surface area (Å²) >= 11 is 0. The van der Waals surface area contributed by atoms with Gasteiger partial charge in [0.15, 0.2) is 0 Å². The van der Waals surface area contributed by atoms with Gasteiger partial charge in [0.2, 0.25) is 0 Å². The molecule has 2 N–H and O–H groups in total. The second-order valence-corrected chi connectivity index (χ2v) is 11.0.